The van der Waals surface area contributed by atoms with Gasteiger partial charge in [0.25, 0.3) is 11.6 Å². The second-order valence-electron chi connectivity index (χ2n) is 5.61. The monoisotopic (exact) mass is 330 g/mol. The summed E-state index contributed by atoms with van der Waals surface area (Å²) in [5.74, 6) is -0.233. The Morgan fingerprint density at radius 3 is 2.83 bits per heavy atom. The van der Waals surface area contributed by atoms with Crippen LogP contribution in [0.4, 0.5) is 10.1 Å². The number of nitrogens with one attached hydrogen (secondary N) is 1. The second-order valence-corrected chi connectivity index (χ2v) is 5.61. The Bertz CT molecular complexity index is 781. The topological polar surface area (TPSA) is 81.5 Å². The Morgan fingerprint density at radius 1 is 1.29 bits per heavy atom. The van der Waals surface area contributed by atoms with Crippen LogP contribution in [0.2, 0.25) is 0 Å². The Balaban J connectivity index is 1.49. The molecule has 2 atom stereocenters. The van der Waals surface area contributed by atoms with Gasteiger partial charge in [-0.3, -0.25) is 14.9 Å². The molecule has 0 unspecified atom stereocenters. The van der Waals surface area contributed by atoms with Gasteiger partial charge in [0.05, 0.1) is 11.0 Å². The molecule has 1 N–H and O–H groups in total. The van der Waals surface area contributed by atoms with Gasteiger partial charge in [0.2, 0.25) is 0 Å². The number of non-ortho nitro benzene ring substituents is 1. The van der Waals surface area contributed by atoms with E-state index in [4.69, 9.17) is 4.74 Å². The maximum atomic E-state index is 13.2. The zero-order valence-electron chi connectivity index (χ0n) is 12.6. The third-order valence-electron chi connectivity index (χ3n) is 3.81. The molecule has 7 heteroatoms. The molecule has 0 aromatic heterocycles. The lowest BCUT2D eigenvalue weighted by Gasteiger charge is -2.07. The number of carbonyl (C=O) groups excluding carboxylic acids is 1. The van der Waals surface area contributed by atoms with Crippen molar-refractivity contribution in [3.63, 3.8) is 0 Å². The van der Waals surface area contributed by atoms with Crippen molar-refractivity contribution in [2.45, 2.75) is 18.4 Å². The van der Waals surface area contributed by atoms with E-state index in [1.807, 2.05) is 6.07 Å². The smallest absolute Gasteiger partial charge is 0.273 e. The second kappa shape index (κ2) is 6.66. The number of ether oxygens (including phenoxy) is 1. The van der Waals surface area contributed by atoms with Gasteiger partial charge >= 0.3 is 0 Å². The van der Waals surface area contributed by atoms with Crippen LogP contribution >= 0.6 is 0 Å². The molecular weight excluding hydrogens is 315 g/mol. The molecular formula is C17H15FN2O4. The van der Waals surface area contributed by atoms with Gasteiger partial charge in [0.15, 0.2) is 6.61 Å². The summed E-state index contributed by atoms with van der Waals surface area (Å²) in [5, 5.41) is 13.5. The highest BCUT2D eigenvalue weighted by atomic mass is 19.1. The van der Waals surface area contributed by atoms with E-state index < -0.39 is 4.92 Å². The minimum absolute atomic E-state index is 0.0343. The normalized spacial score (nSPS) is 18.7. The van der Waals surface area contributed by atoms with Crippen LogP contribution in [-0.4, -0.2) is 23.5 Å². The molecule has 24 heavy (non-hydrogen) atoms. The lowest BCUT2D eigenvalue weighted by molar-refractivity contribution is -0.384. The first kappa shape index (κ1) is 15.9. The number of nitro benzene ring substituents is 1. The van der Waals surface area contributed by atoms with Crippen molar-refractivity contribution in [1.82, 2.24) is 5.32 Å². The molecule has 124 valence electrons. The minimum Gasteiger partial charge on any atom is -0.484 e. The quantitative estimate of drug-likeness (QED) is 0.652. The van der Waals surface area contributed by atoms with Crippen LogP contribution in [0, 0.1) is 15.9 Å². The van der Waals surface area contributed by atoms with Crippen molar-refractivity contribution in [1.29, 1.82) is 0 Å². The van der Waals surface area contributed by atoms with E-state index in [-0.39, 0.29) is 41.7 Å². The van der Waals surface area contributed by atoms with Crippen LogP contribution < -0.4 is 10.1 Å². The molecule has 1 saturated carbocycles. The molecule has 2 aromatic rings. The standard InChI is InChI=1S/C17H15FN2O4/c18-12-4-1-3-11(7-12)15-9-16(15)19-17(21)10-24-14-6-2-5-13(8-14)20(22)23/h1-8,15-16H,9-10H2,(H,19,21)/t15-,16-/m0/s1. The summed E-state index contributed by atoms with van der Waals surface area (Å²) in [6.45, 7) is -0.229. The van der Waals surface area contributed by atoms with Gasteiger partial charge in [-0.15, -0.1) is 0 Å². The summed E-state index contributed by atoms with van der Waals surface area (Å²) in [7, 11) is 0. The lowest BCUT2D eigenvalue weighted by atomic mass is 10.1. The fraction of sp³-hybridized carbons (Fsp3) is 0.235. The predicted molar refractivity (Wildman–Crippen MR) is 84.3 cm³/mol. The van der Waals surface area contributed by atoms with Gasteiger partial charge in [-0.1, -0.05) is 18.2 Å². The fourth-order valence-corrected chi connectivity index (χ4v) is 2.54. The van der Waals surface area contributed by atoms with E-state index in [9.17, 15) is 19.3 Å². The van der Waals surface area contributed by atoms with Gasteiger partial charge in [-0.05, 0) is 30.2 Å². The highest BCUT2D eigenvalue weighted by Gasteiger charge is 2.39. The van der Waals surface area contributed by atoms with E-state index in [2.05, 4.69) is 5.32 Å². The lowest BCUT2D eigenvalue weighted by Crippen LogP contribution is -2.31. The molecule has 0 radical (unpaired) electrons. The summed E-state index contributed by atoms with van der Waals surface area (Å²) in [5.41, 5.74) is 0.765. The van der Waals surface area contributed by atoms with Crippen molar-refractivity contribution in [3.05, 3.63) is 70.0 Å². The van der Waals surface area contributed by atoms with Crippen LogP contribution in [0.15, 0.2) is 48.5 Å². The zero-order valence-corrected chi connectivity index (χ0v) is 12.6. The number of rotatable bonds is 6. The van der Waals surface area contributed by atoms with Gasteiger partial charge in [-0.2, -0.15) is 0 Å². The number of amides is 1. The average Bonchev–Trinajstić information content (AvgIpc) is 3.32. The number of nitrogens with zero attached hydrogens (tertiary/aromatic N) is 1. The molecule has 1 aliphatic rings. The van der Waals surface area contributed by atoms with E-state index in [0.29, 0.717) is 0 Å². The van der Waals surface area contributed by atoms with Gasteiger partial charge < -0.3 is 10.1 Å². The van der Waals surface area contributed by atoms with Crippen LogP contribution in [0.1, 0.15) is 17.9 Å². The summed E-state index contributed by atoms with van der Waals surface area (Å²) in [6.07, 6.45) is 0.756. The number of nitro groups is 1. The van der Waals surface area contributed by atoms with Crippen LogP contribution in [0.3, 0.4) is 0 Å². The average molecular weight is 330 g/mol. The SMILES string of the molecule is O=C(COc1cccc([N+](=O)[O-])c1)N[C@H]1C[C@H]1c1cccc(F)c1. The van der Waals surface area contributed by atoms with Crippen LogP contribution in [-0.2, 0) is 4.79 Å². The third kappa shape index (κ3) is 3.87. The van der Waals surface area contributed by atoms with E-state index in [1.54, 1.807) is 12.1 Å². The fourth-order valence-electron chi connectivity index (χ4n) is 2.54. The Kier molecular flexibility index (Phi) is 4.41. The highest BCUT2D eigenvalue weighted by Crippen LogP contribution is 2.40. The largest absolute Gasteiger partial charge is 0.484 e. The van der Waals surface area contributed by atoms with E-state index in [0.717, 1.165) is 12.0 Å². The Labute approximate surface area is 137 Å². The summed E-state index contributed by atoms with van der Waals surface area (Å²) >= 11 is 0. The van der Waals surface area contributed by atoms with Crippen LogP contribution in [0.5, 0.6) is 5.75 Å². The summed E-state index contributed by atoms with van der Waals surface area (Å²) in [4.78, 5) is 22.0. The third-order valence-corrected chi connectivity index (χ3v) is 3.81. The zero-order chi connectivity index (χ0) is 17.1. The molecule has 0 saturated heterocycles. The maximum absolute atomic E-state index is 13.2. The van der Waals surface area contributed by atoms with Crippen molar-refractivity contribution < 1.29 is 18.8 Å². The number of hydrogen-bond donors (Lipinski definition) is 1. The predicted octanol–water partition coefficient (Wildman–Crippen LogP) is 2.79. The molecule has 6 nitrogen and oxygen atoms in total. The Hall–Kier alpha value is -2.96. The van der Waals surface area contributed by atoms with Crippen molar-refractivity contribution in [3.8, 4) is 5.75 Å². The first-order valence-corrected chi connectivity index (χ1v) is 7.45. The minimum atomic E-state index is -0.527. The van der Waals surface area contributed by atoms with Crippen molar-refractivity contribution in [2.75, 3.05) is 6.61 Å². The molecule has 0 spiro atoms. The first-order valence-electron chi connectivity index (χ1n) is 7.45. The highest BCUT2D eigenvalue weighted by molar-refractivity contribution is 5.78. The number of hydrogen-bond acceptors (Lipinski definition) is 4. The number of halogens is 1. The summed E-state index contributed by atoms with van der Waals surface area (Å²) in [6, 6.07) is 11.9. The molecule has 2 aromatic carbocycles. The van der Waals surface area contributed by atoms with Crippen molar-refractivity contribution in [2.24, 2.45) is 0 Å². The molecule has 0 heterocycles. The van der Waals surface area contributed by atoms with Crippen LogP contribution in [0.25, 0.3) is 0 Å². The first-order chi connectivity index (χ1) is 11.5. The molecule has 0 bridgehead atoms. The van der Waals surface area contributed by atoms with Gasteiger partial charge in [-0.25, -0.2) is 4.39 Å². The molecule has 1 aliphatic carbocycles. The number of benzene rings is 2. The van der Waals surface area contributed by atoms with Gasteiger partial charge in [0, 0.05) is 18.0 Å². The maximum Gasteiger partial charge on any atom is 0.273 e. The molecule has 0 aliphatic heterocycles. The van der Waals surface area contributed by atoms with E-state index in [1.165, 1.54) is 30.3 Å². The molecule has 1 fully saturated rings. The number of carbonyl (C=O) groups is 1. The van der Waals surface area contributed by atoms with E-state index >= 15 is 0 Å². The summed E-state index contributed by atoms with van der Waals surface area (Å²) < 4.78 is 18.5. The molecule has 3 rings (SSSR count). The van der Waals surface area contributed by atoms with Gasteiger partial charge in [0.1, 0.15) is 11.6 Å². The molecule has 1 amide bonds. The Morgan fingerprint density at radius 2 is 2.08 bits per heavy atom. The van der Waals surface area contributed by atoms with Crippen molar-refractivity contribution >= 4 is 11.6 Å².